The minimum absolute atomic E-state index is 0. The van der Waals surface area contributed by atoms with Crippen LogP contribution in [0.1, 0.15) is 0 Å². The minimum atomic E-state index is 0. The van der Waals surface area contributed by atoms with Crippen molar-refractivity contribution in [2.24, 2.45) is 0 Å². The van der Waals surface area contributed by atoms with Gasteiger partial charge in [0.25, 0.3) is 0 Å². The van der Waals surface area contributed by atoms with Crippen molar-refractivity contribution in [3.05, 3.63) is 0 Å². The normalized spacial score (nSPS) is 1.60. The Bertz CT molecular complexity index is 27.9. The molecule has 0 heterocycles. The van der Waals surface area contributed by atoms with Gasteiger partial charge < -0.3 is 0 Å². The monoisotopic (exact) mass is 317 g/mol. The average molecular weight is 317 g/mol. The molecule has 0 aliphatic heterocycles. The Morgan fingerprint density at radius 1 is 1.20 bits per heavy atom. The van der Waals surface area contributed by atoms with Crippen molar-refractivity contribution in [3.63, 3.8) is 0 Å². The fourth-order valence-electron chi connectivity index (χ4n) is 0. The van der Waals surface area contributed by atoms with Gasteiger partial charge in [-0.25, -0.2) is 0 Å². The van der Waals surface area contributed by atoms with E-state index in [0.29, 0.717) is 0 Å². The van der Waals surface area contributed by atoms with Crippen molar-refractivity contribution in [3.8, 4) is 0 Å². The summed E-state index contributed by atoms with van der Waals surface area (Å²) in [5.74, 6) is 0. The van der Waals surface area contributed by atoms with Crippen molar-refractivity contribution in [1.29, 1.82) is 11.1 Å². The maximum atomic E-state index is 5.50. The van der Waals surface area contributed by atoms with E-state index >= 15 is 0 Å². The quantitative estimate of drug-likeness (QED) is 0.334. The summed E-state index contributed by atoms with van der Waals surface area (Å²) in [5.41, 5.74) is 11.0. The third-order valence-corrected chi connectivity index (χ3v) is 0. The summed E-state index contributed by atoms with van der Waals surface area (Å²) in [7, 11) is 0. The van der Waals surface area contributed by atoms with E-state index in [2.05, 4.69) is 0 Å². The Morgan fingerprint density at radius 3 is 1.20 bits per heavy atom. The summed E-state index contributed by atoms with van der Waals surface area (Å²) < 4.78 is 0. The van der Waals surface area contributed by atoms with Gasteiger partial charge in [-0.15, -0.1) is 0 Å². The van der Waals surface area contributed by atoms with Crippen LogP contribution in [0.25, 0.3) is 0 Å². The molecular weight excluding hydrogens is 313 g/mol. The Morgan fingerprint density at radius 2 is 1.20 bits per heavy atom. The molecule has 0 saturated carbocycles. The standard InChI is InChI=1S/Cu.H2N3.Pb.2H/c;1-3-2;;;/h;1-2H;;;/q;+1;;;. The summed E-state index contributed by atoms with van der Waals surface area (Å²) >= 11 is 0. The first-order valence-electron chi connectivity index (χ1n) is 0.447. The van der Waals surface area contributed by atoms with E-state index in [1.165, 1.54) is 0 Å². The predicted octanol–water partition coefficient (Wildman–Crippen LogP) is -0.803. The predicted molar refractivity (Wildman–Crippen MR) is 16.1 cm³/mol. The molecule has 3 radical (unpaired) electrons. The zero-order valence-electron chi connectivity index (χ0n) is 2.46. The third-order valence-electron chi connectivity index (χ3n) is 0. The first-order chi connectivity index (χ1) is 1.41. The van der Waals surface area contributed by atoms with Gasteiger partial charge in [0.15, 0.2) is 0 Å². The fourth-order valence-corrected chi connectivity index (χ4v) is 0. The van der Waals surface area contributed by atoms with Gasteiger partial charge in [-0.05, 0) is 0 Å². The summed E-state index contributed by atoms with van der Waals surface area (Å²) in [6.45, 7) is 0. The van der Waals surface area contributed by atoms with Gasteiger partial charge in [0.1, 0.15) is 11.1 Å². The molecular formula is H4CuN3Pb+. The number of hydrogen-bond donors (Lipinski definition) is 2. The van der Waals surface area contributed by atoms with Gasteiger partial charge in [-0.2, -0.15) is 0 Å². The van der Waals surface area contributed by atoms with Crippen molar-refractivity contribution in [2.75, 3.05) is 0 Å². The molecule has 0 aliphatic carbocycles. The van der Waals surface area contributed by atoms with Gasteiger partial charge in [-0.3, -0.25) is 0 Å². The van der Waals surface area contributed by atoms with Crippen LogP contribution >= 0.6 is 0 Å². The second-order valence-corrected chi connectivity index (χ2v) is 0.112. The van der Waals surface area contributed by atoms with Crippen molar-refractivity contribution in [2.45, 2.75) is 0 Å². The van der Waals surface area contributed by atoms with Crippen molar-refractivity contribution >= 4 is 27.3 Å². The molecule has 0 spiro atoms. The molecule has 0 aromatic heterocycles. The van der Waals surface area contributed by atoms with Crippen LogP contribution < -0.4 is 4.91 Å². The Kier molecular flexibility index (Phi) is 74.8. The number of rotatable bonds is 0. The van der Waals surface area contributed by atoms with E-state index in [9.17, 15) is 0 Å². The molecule has 0 saturated heterocycles. The first kappa shape index (κ1) is 17.2. The zero-order chi connectivity index (χ0) is 2.71. The van der Waals surface area contributed by atoms with Crippen LogP contribution in [-0.2, 0) is 17.1 Å². The molecule has 2 N–H and O–H groups in total. The molecule has 0 aromatic carbocycles. The molecule has 0 unspecified atom stereocenters. The molecule has 0 aliphatic rings. The van der Waals surface area contributed by atoms with Gasteiger partial charge >= 0.3 is 27.3 Å². The second-order valence-electron chi connectivity index (χ2n) is 0.112. The van der Waals surface area contributed by atoms with E-state index in [1.54, 1.807) is 0 Å². The Balaban J connectivity index is -0.0000000200. The van der Waals surface area contributed by atoms with Crippen molar-refractivity contribution in [1.82, 2.24) is 4.91 Å². The molecule has 3 nitrogen and oxygen atoms in total. The van der Waals surface area contributed by atoms with Crippen LogP contribution in [0.2, 0.25) is 0 Å². The number of nitrogens with one attached hydrogen (secondary N) is 2. The van der Waals surface area contributed by atoms with E-state index in [-0.39, 0.29) is 44.4 Å². The molecule has 0 fully saturated rings. The summed E-state index contributed by atoms with van der Waals surface area (Å²) in [6, 6.07) is 0. The molecule has 33 valence electrons. The molecule has 0 aromatic rings. The van der Waals surface area contributed by atoms with Crippen LogP contribution in [0, 0.1) is 11.1 Å². The zero-order valence-corrected chi connectivity index (χ0v) is 8.90. The van der Waals surface area contributed by atoms with Crippen molar-refractivity contribution < 1.29 is 17.1 Å². The number of hydrogen-bond acceptors (Lipinski definition) is 2. The van der Waals surface area contributed by atoms with Crippen LogP contribution in [0.5, 0.6) is 0 Å². The van der Waals surface area contributed by atoms with E-state index in [1.807, 2.05) is 4.91 Å². The average Bonchev–Trinajstić information content (AvgIpc) is 0.918. The molecule has 0 atom stereocenters. The van der Waals surface area contributed by atoms with Crippen LogP contribution in [0.15, 0.2) is 0 Å². The summed E-state index contributed by atoms with van der Waals surface area (Å²) in [4.78, 5) is 2.00. The fraction of sp³-hybridized carbons (Fsp3) is 0. The summed E-state index contributed by atoms with van der Waals surface area (Å²) in [5, 5.41) is 0. The summed E-state index contributed by atoms with van der Waals surface area (Å²) in [6.07, 6.45) is 0. The molecule has 0 rings (SSSR count). The maximum absolute atomic E-state index is 5.50. The van der Waals surface area contributed by atoms with Gasteiger partial charge in [-0.1, -0.05) is 0 Å². The molecule has 0 amide bonds. The molecule has 5 heavy (non-hydrogen) atoms. The molecule has 0 bridgehead atoms. The topological polar surface area (TPSA) is 61.8 Å². The van der Waals surface area contributed by atoms with E-state index < -0.39 is 0 Å². The molecule has 5 heteroatoms. The third kappa shape index (κ3) is 63.7. The second kappa shape index (κ2) is 21.8. The van der Waals surface area contributed by atoms with Crippen LogP contribution in [0.4, 0.5) is 0 Å². The number of nitrogens with zero attached hydrogens (tertiary/aromatic N) is 1. The Hall–Kier alpha value is 0.752. The van der Waals surface area contributed by atoms with Gasteiger partial charge in [0.2, 0.25) is 4.91 Å². The van der Waals surface area contributed by atoms with Crippen LogP contribution in [0.3, 0.4) is 0 Å². The van der Waals surface area contributed by atoms with E-state index in [4.69, 9.17) is 11.1 Å². The van der Waals surface area contributed by atoms with Gasteiger partial charge in [0, 0.05) is 17.1 Å². The Labute approximate surface area is 60.2 Å². The van der Waals surface area contributed by atoms with Crippen LogP contribution in [-0.4, -0.2) is 27.3 Å². The first-order valence-corrected chi connectivity index (χ1v) is 0.447. The SMILES string of the molecule is N=[N+]=N.[Cu].[PbH2]. The van der Waals surface area contributed by atoms with E-state index in [0.717, 1.165) is 0 Å². The van der Waals surface area contributed by atoms with Gasteiger partial charge in [0.05, 0.1) is 0 Å².